The first kappa shape index (κ1) is 15.3. The Kier molecular flexibility index (Phi) is 5.65. The van der Waals surface area contributed by atoms with Crippen LogP contribution in [0.5, 0.6) is 5.75 Å². The number of carbonyl (C=O) groups excluding carboxylic acids is 1. The topological polar surface area (TPSA) is 62.1 Å². The second-order valence-corrected chi connectivity index (χ2v) is 4.90. The summed E-state index contributed by atoms with van der Waals surface area (Å²) in [5, 5.41) is 12.2. The van der Waals surface area contributed by atoms with Crippen molar-refractivity contribution in [3.05, 3.63) is 28.8 Å². The second-order valence-electron chi connectivity index (χ2n) is 4.49. The van der Waals surface area contributed by atoms with Crippen LogP contribution in [0.1, 0.15) is 19.4 Å². The Labute approximate surface area is 118 Å². The Morgan fingerprint density at radius 2 is 2.21 bits per heavy atom. The predicted octanol–water partition coefficient (Wildman–Crippen LogP) is 2.76. The summed E-state index contributed by atoms with van der Waals surface area (Å²) >= 11 is 6.07. The van der Waals surface area contributed by atoms with E-state index in [1.807, 2.05) is 19.9 Å². The van der Waals surface area contributed by atoms with Crippen LogP contribution in [0, 0.1) is 23.2 Å². The van der Waals surface area contributed by atoms with E-state index in [9.17, 15) is 4.79 Å². The molecule has 0 aromatic heterocycles. The van der Waals surface area contributed by atoms with E-state index in [0.29, 0.717) is 16.3 Å². The van der Waals surface area contributed by atoms with Gasteiger partial charge in [-0.05, 0) is 18.1 Å². The molecule has 1 aromatic rings. The normalized spacial score (nSPS) is 11.8. The third-order valence-electron chi connectivity index (χ3n) is 2.82. The SMILES string of the molecule is COc1cccc(Cl)c1CNC(=O)C(C#N)C(C)C. The summed E-state index contributed by atoms with van der Waals surface area (Å²) in [5.74, 6) is -0.364. The number of nitrogens with zero attached hydrogens (tertiary/aromatic N) is 1. The number of benzene rings is 1. The fourth-order valence-electron chi connectivity index (χ4n) is 1.70. The molecule has 102 valence electrons. The van der Waals surface area contributed by atoms with E-state index < -0.39 is 5.92 Å². The predicted molar refractivity (Wildman–Crippen MR) is 73.8 cm³/mol. The monoisotopic (exact) mass is 280 g/mol. The van der Waals surface area contributed by atoms with Crippen molar-refractivity contribution in [1.29, 1.82) is 5.26 Å². The number of rotatable bonds is 5. The Morgan fingerprint density at radius 1 is 1.53 bits per heavy atom. The van der Waals surface area contributed by atoms with E-state index >= 15 is 0 Å². The fourth-order valence-corrected chi connectivity index (χ4v) is 1.93. The number of nitrogens with one attached hydrogen (secondary N) is 1. The van der Waals surface area contributed by atoms with Gasteiger partial charge in [0.15, 0.2) is 0 Å². The molecule has 5 heteroatoms. The summed E-state index contributed by atoms with van der Waals surface area (Å²) < 4.78 is 5.19. The maximum atomic E-state index is 11.9. The lowest BCUT2D eigenvalue weighted by Gasteiger charge is -2.15. The number of carbonyl (C=O) groups is 1. The highest BCUT2D eigenvalue weighted by Crippen LogP contribution is 2.26. The smallest absolute Gasteiger partial charge is 0.237 e. The van der Waals surface area contributed by atoms with E-state index in [4.69, 9.17) is 21.6 Å². The average molecular weight is 281 g/mol. The van der Waals surface area contributed by atoms with Crippen molar-refractivity contribution in [1.82, 2.24) is 5.32 Å². The Balaban J connectivity index is 2.78. The summed E-state index contributed by atoms with van der Waals surface area (Å²) in [6, 6.07) is 7.29. The third-order valence-corrected chi connectivity index (χ3v) is 3.18. The molecule has 1 unspecified atom stereocenters. The summed E-state index contributed by atoms with van der Waals surface area (Å²) in [7, 11) is 1.54. The maximum Gasteiger partial charge on any atom is 0.237 e. The zero-order chi connectivity index (χ0) is 14.4. The van der Waals surface area contributed by atoms with Gasteiger partial charge in [0.2, 0.25) is 5.91 Å². The van der Waals surface area contributed by atoms with Crippen LogP contribution < -0.4 is 10.1 Å². The highest BCUT2D eigenvalue weighted by Gasteiger charge is 2.21. The molecular formula is C14H17ClN2O2. The van der Waals surface area contributed by atoms with Gasteiger partial charge in [0.05, 0.1) is 13.2 Å². The van der Waals surface area contributed by atoms with Crippen LogP contribution in [0.4, 0.5) is 0 Å². The van der Waals surface area contributed by atoms with Crippen LogP contribution >= 0.6 is 11.6 Å². The van der Waals surface area contributed by atoms with Crippen molar-refractivity contribution in [2.75, 3.05) is 7.11 Å². The second kappa shape index (κ2) is 7.01. The lowest BCUT2D eigenvalue weighted by atomic mass is 9.96. The van der Waals surface area contributed by atoms with Gasteiger partial charge in [0, 0.05) is 17.1 Å². The van der Waals surface area contributed by atoms with Crippen molar-refractivity contribution in [2.45, 2.75) is 20.4 Å². The molecule has 1 amide bonds. The van der Waals surface area contributed by atoms with Gasteiger partial charge in [-0.3, -0.25) is 4.79 Å². The lowest BCUT2D eigenvalue weighted by molar-refractivity contribution is -0.124. The number of methoxy groups -OCH3 is 1. The number of halogens is 1. The molecule has 19 heavy (non-hydrogen) atoms. The van der Waals surface area contributed by atoms with Gasteiger partial charge in [0.1, 0.15) is 11.7 Å². The molecule has 1 N–H and O–H groups in total. The molecule has 1 rings (SSSR count). The van der Waals surface area contributed by atoms with Crippen LogP contribution in [0.15, 0.2) is 18.2 Å². The summed E-state index contributed by atoms with van der Waals surface area (Å²) in [5.41, 5.74) is 0.709. The first-order chi connectivity index (χ1) is 9.01. The molecule has 0 saturated heterocycles. The van der Waals surface area contributed by atoms with Gasteiger partial charge >= 0.3 is 0 Å². The molecule has 0 aliphatic rings. The minimum absolute atomic E-state index is 0.0295. The van der Waals surface area contributed by atoms with Crippen molar-refractivity contribution >= 4 is 17.5 Å². The summed E-state index contributed by atoms with van der Waals surface area (Å²) in [4.78, 5) is 11.9. The Hall–Kier alpha value is -1.73. The standard InChI is InChI=1S/C14H17ClN2O2/c1-9(2)10(7-16)14(18)17-8-11-12(15)5-4-6-13(11)19-3/h4-6,9-10H,8H2,1-3H3,(H,17,18). The molecule has 0 saturated carbocycles. The van der Waals surface area contributed by atoms with Gasteiger partial charge in [-0.2, -0.15) is 5.26 Å². The maximum absolute atomic E-state index is 11.9. The highest BCUT2D eigenvalue weighted by atomic mass is 35.5. The first-order valence-electron chi connectivity index (χ1n) is 6.00. The average Bonchev–Trinajstić information content (AvgIpc) is 2.37. The van der Waals surface area contributed by atoms with Gasteiger partial charge < -0.3 is 10.1 Å². The van der Waals surface area contributed by atoms with Crippen molar-refractivity contribution < 1.29 is 9.53 Å². The number of hydrogen-bond acceptors (Lipinski definition) is 3. The summed E-state index contributed by atoms with van der Waals surface area (Å²) in [6.07, 6.45) is 0. The van der Waals surface area contributed by atoms with E-state index in [1.165, 1.54) is 0 Å². The molecule has 1 atom stereocenters. The van der Waals surface area contributed by atoms with Crippen LogP contribution in [0.25, 0.3) is 0 Å². The summed E-state index contributed by atoms with van der Waals surface area (Å²) in [6.45, 7) is 3.92. The van der Waals surface area contributed by atoms with E-state index in [2.05, 4.69) is 5.32 Å². The largest absolute Gasteiger partial charge is 0.496 e. The van der Waals surface area contributed by atoms with E-state index in [0.717, 1.165) is 0 Å². The number of hydrogen-bond donors (Lipinski definition) is 1. The Morgan fingerprint density at radius 3 is 2.74 bits per heavy atom. The molecule has 0 bridgehead atoms. The molecule has 0 aliphatic carbocycles. The molecular weight excluding hydrogens is 264 g/mol. The fraction of sp³-hybridized carbons (Fsp3) is 0.429. The molecule has 0 radical (unpaired) electrons. The zero-order valence-corrected chi connectivity index (χ0v) is 12.0. The van der Waals surface area contributed by atoms with Crippen molar-refractivity contribution in [3.63, 3.8) is 0 Å². The van der Waals surface area contributed by atoms with Crippen LogP contribution in [0.3, 0.4) is 0 Å². The van der Waals surface area contributed by atoms with Crippen molar-refractivity contribution in [3.8, 4) is 11.8 Å². The van der Waals surface area contributed by atoms with Crippen LogP contribution in [-0.2, 0) is 11.3 Å². The molecule has 0 spiro atoms. The van der Waals surface area contributed by atoms with Gasteiger partial charge in [0.25, 0.3) is 0 Å². The van der Waals surface area contributed by atoms with E-state index in [-0.39, 0.29) is 18.4 Å². The van der Waals surface area contributed by atoms with Gasteiger partial charge in [-0.25, -0.2) is 0 Å². The number of amides is 1. The minimum Gasteiger partial charge on any atom is -0.496 e. The molecule has 0 heterocycles. The first-order valence-corrected chi connectivity index (χ1v) is 6.37. The minimum atomic E-state index is -0.659. The van der Waals surface area contributed by atoms with Crippen LogP contribution in [0.2, 0.25) is 5.02 Å². The number of ether oxygens (including phenoxy) is 1. The highest BCUT2D eigenvalue weighted by molar-refractivity contribution is 6.31. The van der Waals surface area contributed by atoms with Gasteiger partial charge in [-0.15, -0.1) is 0 Å². The van der Waals surface area contributed by atoms with E-state index in [1.54, 1.807) is 25.3 Å². The molecule has 4 nitrogen and oxygen atoms in total. The third kappa shape index (κ3) is 3.87. The molecule has 0 fully saturated rings. The lowest BCUT2D eigenvalue weighted by Crippen LogP contribution is -2.32. The quantitative estimate of drug-likeness (QED) is 0.902. The van der Waals surface area contributed by atoms with Crippen LogP contribution in [-0.4, -0.2) is 13.0 Å². The van der Waals surface area contributed by atoms with Crippen molar-refractivity contribution in [2.24, 2.45) is 11.8 Å². The Bertz CT molecular complexity index is 495. The zero-order valence-electron chi connectivity index (χ0n) is 11.2. The molecule has 1 aromatic carbocycles. The molecule has 0 aliphatic heterocycles. The number of nitriles is 1. The van der Waals surface area contributed by atoms with Gasteiger partial charge in [-0.1, -0.05) is 31.5 Å².